The van der Waals surface area contributed by atoms with Crippen molar-refractivity contribution in [1.82, 2.24) is 0 Å². The van der Waals surface area contributed by atoms with Gasteiger partial charge in [-0.05, 0) is 17.7 Å². The molecule has 0 radical (unpaired) electrons. The van der Waals surface area contributed by atoms with E-state index in [9.17, 15) is 9.59 Å². The van der Waals surface area contributed by atoms with Crippen LogP contribution in [0.15, 0.2) is 24.3 Å². The van der Waals surface area contributed by atoms with E-state index < -0.39 is 5.97 Å². The Morgan fingerprint density at radius 3 is 2.71 bits per heavy atom. The fourth-order valence-corrected chi connectivity index (χ4v) is 1.11. The van der Waals surface area contributed by atoms with Crippen molar-refractivity contribution in [3.63, 3.8) is 0 Å². The van der Waals surface area contributed by atoms with E-state index in [4.69, 9.17) is 9.47 Å². The zero-order chi connectivity index (χ0) is 12.7. The summed E-state index contributed by atoms with van der Waals surface area (Å²) in [6.07, 6.45) is 0. The first-order valence-electron chi connectivity index (χ1n) is 5.03. The smallest absolute Gasteiger partial charge is 0.343 e. The van der Waals surface area contributed by atoms with Gasteiger partial charge >= 0.3 is 11.9 Å². The largest absolute Gasteiger partial charge is 0.482 e. The number of esters is 2. The number of rotatable bonds is 5. The molecule has 0 bridgehead atoms. The molecule has 0 saturated heterocycles. The average molecular weight is 238 g/mol. The Balaban J connectivity index is 2.53. The Labute approximate surface area is 99.3 Å². The second-order valence-electron chi connectivity index (χ2n) is 3.29. The normalized spacial score (nSPS) is 9.53. The first-order chi connectivity index (χ1) is 8.11. The van der Waals surface area contributed by atoms with Gasteiger partial charge in [-0.15, -0.1) is 0 Å². The van der Waals surface area contributed by atoms with Gasteiger partial charge in [-0.3, -0.25) is 4.79 Å². The molecule has 92 valence electrons. The molecule has 0 heterocycles. The maximum absolute atomic E-state index is 10.9. The van der Waals surface area contributed by atoms with E-state index in [1.165, 1.54) is 14.0 Å². The molecule has 0 spiro atoms. The summed E-state index contributed by atoms with van der Waals surface area (Å²) in [5, 5.41) is 0. The highest BCUT2D eigenvalue weighted by molar-refractivity contribution is 5.70. The molecule has 0 atom stereocenters. The second kappa shape index (κ2) is 6.52. The van der Waals surface area contributed by atoms with Gasteiger partial charge in [0.25, 0.3) is 0 Å². The van der Waals surface area contributed by atoms with Gasteiger partial charge < -0.3 is 14.2 Å². The van der Waals surface area contributed by atoms with E-state index in [1.54, 1.807) is 24.3 Å². The van der Waals surface area contributed by atoms with Crippen LogP contribution in [0.25, 0.3) is 0 Å². The summed E-state index contributed by atoms with van der Waals surface area (Å²) in [7, 11) is 1.29. The standard InChI is InChI=1S/C12H14O5/c1-9(13)16-7-10-4-3-5-11(6-10)17-8-12(14)15-2/h3-6H,7-8H2,1-2H3. The molecule has 0 unspecified atom stereocenters. The Morgan fingerprint density at radius 1 is 1.29 bits per heavy atom. The summed E-state index contributed by atoms with van der Waals surface area (Å²) < 4.78 is 14.5. The molecule has 0 amide bonds. The van der Waals surface area contributed by atoms with E-state index in [2.05, 4.69) is 4.74 Å². The topological polar surface area (TPSA) is 61.8 Å². The molecular weight excluding hydrogens is 224 g/mol. The van der Waals surface area contributed by atoms with E-state index in [0.29, 0.717) is 5.75 Å². The van der Waals surface area contributed by atoms with Crippen LogP contribution in [0, 0.1) is 0 Å². The summed E-state index contributed by atoms with van der Waals surface area (Å²) in [6.45, 7) is 1.38. The van der Waals surface area contributed by atoms with Crippen LogP contribution >= 0.6 is 0 Å². The van der Waals surface area contributed by atoms with E-state index in [0.717, 1.165) is 5.56 Å². The number of carbonyl (C=O) groups is 2. The highest BCUT2D eigenvalue weighted by atomic mass is 16.6. The maximum atomic E-state index is 10.9. The third-order valence-electron chi connectivity index (χ3n) is 1.92. The zero-order valence-electron chi connectivity index (χ0n) is 9.76. The van der Waals surface area contributed by atoms with Gasteiger partial charge in [-0.2, -0.15) is 0 Å². The van der Waals surface area contributed by atoms with E-state index in [1.807, 2.05) is 0 Å². The van der Waals surface area contributed by atoms with Crippen LogP contribution in [-0.2, 0) is 25.7 Å². The average Bonchev–Trinajstić information content (AvgIpc) is 2.34. The van der Waals surface area contributed by atoms with Crippen molar-refractivity contribution in [2.24, 2.45) is 0 Å². The van der Waals surface area contributed by atoms with E-state index in [-0.39, 0.29) is 19.2 Å². The molecule has 1 rings (SSSR count). The fourth-order valence-electron chi connectivity index (χ4n) is 1.11. The summed E-state index contributed by atoms with van der Waals surface area (Å²) in [5.41, 5.74) is 0.794. The van der Waals surface area contributed by atoms with Crippen molar-refractivity contribution in [1.29, 1.82) is 0 Å². The van der Waals surface area contributed by atoms with Gasteiger partial charge in [0.15, 0.2) is 6.61 Å². The Bertz CT molecular complexity index is 400. The van der Waals surface area contributed by atoms with Crippen LogP contribution < -0.4 is 4.74 Å². The number of ether oxygens (including phenoxy) is 3. The van der Waals surface area contributed by atoms with Gasteiger partial charge in [0.05, 0.1) is 7.11 Å². The first kappa shape index (κ1) is 13.0. The lowest BCUT2D eigenvalue weighted by atomic mass is 10.2. The number of methoxy groups -OCH3 is 1. The molecule has 0 aliphatic rings. The molecular formula is C12H14O5. The first-order valence-corrected chi connectivity index (χ1v) is 5.03. The lowest BCUT2D eigenvalue weighted by Crippen LogP contribution is -2.12. The lowest BCUT2D eigenvalue weighted by Gasteiger charge is -2.07. The zero-order valence-corrected chi connectivity index (χ0v) is 9.76. The third-order valence-corrected chi connectivity index (χ3v) is 1.92. The number of hydrogen-bond donors (Lipinski definition) is 0. The summed E-state index contributed by atoms with van der Waals surface area (Å²) >= 11 is 0. The Morgan fingerprint density at radius 2 is 2.06 bits per heavy atom. The van der Waals surface area contributed by atoms with Crippen LogP contribution in [0.1, 0.15) is 12.5 Å². The number of benzene rings is 1. The van der Waals surface area contributed by atoms with Gasteiger partial charge in [-0.1, -0.05) is 12.1 Å². The summed E-state index contributed by atoms with van der Waals surface area (Å²) in [6, 6.07) is 6.96. The predicted octanol–water partition coefficient (Wildman–Crippen LogP) is 1.30. The van der Waals surface area contributed by atoms with Crippen molar-refractivity contribution >= 4 is 11.9 Å². The number of hydrogen-bond acceptors (Lipinski definition) is 5. The van der Waals surface area contributed by atoms with Crippen molar-refractivity contribution in [3.8, 4) is 5.75 Å². The Hall–Kier alpha value is -2.04. The van der Waals surface area contributed by atoms with Crippen LogP contribution in [0.2, 0.25) is 0 Å². The third kappa shape index (κ3) is 5.01. The Kier molecular flexibility index (Phi) is 5.00. The minimum Gasteiger partial charge on any atom is -0.482 e. The molecule has 1 aromatic rings. The molecule has 0 N–H and O–H groups in total. The summed E-state index contributed by atoms with van der Waals surface area (Å²) in [5.74, 6) is -0.263. The van der Waals surface area contributed by atoms with Gasteiger partial charge in [-0.25, -0.2) is 4.79 Å². The highest BCUT2D eigenvalue weighted by Gasteiger charge is 2.03. The summed E-state index contributed by atoms with van der Waals surface area (Å²) in [4.78, 5) is 21.5. The van der Waals surface area contributed by atoms with Crippen LogP contribution in [0.3, 0.4) is 0 Å². The highest BCUT2D eigenvalue weighted by Crippen LogP contribution is 2.14. The van der Waals surface area contributed by atoms with Crippen LogP contribution in [-0.4, -0.2) is 25.7 Å². The van der Waals surface area contributed by atoms with Crippen molar-refractivity contribution < 1.29 is 23.8 Å². The minimum atomic E-state index is -0.449. The van der Waals surface area contributed by atoms with Crippen LogP contribution in [0.5, 0.6) is 5.75 Å². The second-order valence-corrected chi connectivity index (χ2v) is 3.29. The lowest BCUT2D eigenvalue weighted by molar-refractivity contribution is -0.143. The number of carbonyl (C=O) groups excluding carboxylic acids is 2. The molecule has 0 fully saturated rings. The molecule has 0 aliphatic carbocycles. The van der Waals surface area contributed by atoms with E-state index >= 15 is 0 Å². The van der Waals surface area contributed by atoms with Crippen LogP contribution in [0.4, 0.5) is 0 Å². The molecule has 0 aromatic heterocycles. The molecule has 17 heavy (non-hydrogen) atoms. The van der Waals surface area contributed by atoms with Gasteiger partial charge in [0, 0.05) is 6.92 Å². The molecule has 1 aromatic carbocycles. The molecule has 0 saturated carbocycles. The molecule has 5 heteroatoms. The van der Waals surface area contributed by atoms with Gasteiger partial charge in [0.1, 0.15) is 12.4 Å². The SMILES string of the molecule is COC(=O)COc1cccc(COC(C)=O)c1. The molecule has 5 nitrogen and oxygen atoms in total. The fraction of sp³-hybridized carbons (Fsp3) is 0.333. The quantitative estimate of drug-likeness (QED) is 0.723. The van der Waals surface area contributed by atoms with Crippen molar-refractivity contribution in [2.75, 3.05) is 13.7 Å². The monoisotopic (exact) mass is 238 g/mol. The van der Waals surface area contributed by atoms with Gasteiger partial charge in [0.2, 0.25) is 0 Å². The minimum absolute atomic E-state index is 0.145. The van der Waals surface area contributed by atoms with Crippen molar-refractivity contribution in [2.45, 2.75) is 13.5 Å². The molecule has 0 aliphatic heterocycles. The predicted molar refractivity (Wildman–Crippen MR) is 59.4 cm³/mol. The van der Waals surface area contributed by atoms with Crippen molar-refractivity contribution in [3.05, 3.63) is 29.8 Å². The maximum Gasteiger partial charge on any atom is 0.343 e.